The molecule has 1 fully saturated rings. The summed E-state index contributed by atoms with van der Waals surface area (Å²) in [5.74, 6) is -11.7. The van der Waals surface area contributed by atoms with E-state index in [0.717, 1.165) is 17.0 Å². The van der Waals surface area contributed by atoms with E-state index >= 15 is 0 Å². The first kappa shape index (κ1) is 28.0. The first-order valence-corrected chi connectivity index (χ1v) is 11.9. The zero-order valence-corrected chi connectivity index (χ0v) is 21.2. The maximum atomic E-state index is 14.2. The Hall–Kier alpha value is -4.02. The second-order valence-corrected chi connectivity index (χ2v) is 9.09. The minimum Gasteiger partial charge on any atom is -0.367 e. The maximum absolute atomic E-state index is 14.2. The summed E-state index contributed by atoms with van der Waals surface area (Å²) in [6.45, 7) is 0.237. The highest BCUT2D eigenvalue weighted by Crippen LogP contribution is 2.33. The van der Waals surface area contributed by atoms with Crippen LogP contribution in [0.1, 0.15) is 15.9 Å². The zero-order valence-electron chi connectivity index (χ0n) is 19.6. The lowest BCUT2D eigenvalue weighted by molar-refractivity contribution is 0.0974. The number of carbonyl (C=O) groups is 1. The first-order chi connectivity index (χ1) is 18.5. The summed E-state index contributed by atoms with van der Waals surface area (Å²) in [6.07, 6.45) is 0. The van der Waals surface area contributed by atoms with Crippen molar-refractivity contribution in [2.75, 3.05) is 41.3 Å². The quantitative estimate of drug-likeness (QED) is 0.183. The fourth-order valence-corrected chi connectivity index (χ4v) is 4.50. The zero-order chi connectivity index (χ0) is 28.4. The Balaban J connectivity index is 1.39. The number of hydrogen-bond acceptors (Lipinski definition) is 5. The summed E-state index contributed by atoms with van der Waals surface area (Å²) in [6, 6.07) is 9.82. The Morgan fingerprint density at radius 2 is 1.46 bits per heavy atom. The van der Waals surface area contributed by atoms with Crippen LogP contribution in [-0.2, 0) is 0 Å². The predicted octanol–water partition coefficient (Wildman–Crippen LogP) is 5.50. The van der Waals surface area contributed by atoms with E-state index < -0.39 is 46.5 Å². The van der Waals surface area contributed by atoms with Gasteiger partial charge in [0.1, 0.15) is 11.5 Å². The van der Waals surface area contributed by atoms with Gasteiger partial charge in [-0.1, -0.05) is 11.6 Å². The molecule has 1 heterocycles. The van der Waals surface area contributed by atoms with Crippen LogP contribution in [0.25, 0.3) is 0 Å². The van der Waals surface area contributed by atoms with Gasteiger partial charge in [0.2, 0.25) is 5.82 Å². The molecule has 0 atom stereocenters. The van der Waals surface area contributed by atoms with Crippen LogP contribution in [0.15, 0.2) is 36.4 Å². The van der Waals surface area contributed by atoms with Crippen LogP contribution in [-0.4, -0.2) is 37.2 Å². The van der Waals surface area contributed by atoms with E-state index in [4.69, 9.17) is 29.1 Å². The molecule has 0 aliphatic carbocycles. The SMILES string of the molecule is N#Cc1ccc(C(=O)NC(=S)Nc2ccc(N3CCN(c4c(F)c(F)c(F)c(F)c4F)CC3)c(Cl)c2)c(F)c1. The average molecular weight is 584 g/mol. The van der Waals surface area contributed by atoms with Gasteiger partial charge in [0.15, 0.2) is 28.4 Å². The summed E-state index contributed by atoms with van der Waals surface area (Å²) in [5, 5.41) is 14.0. The van der Waals surface area contributed by atoms with Crippen LogP contribution in [0.3, 0.4) is 0 Å². The fraction of sp³-hybridized carbons (Fsp3) is 0.160. The Labute approximate surface area is 228 Å². The van der Waals surface area contributed by atoms with Crippen molar-refractivity contribution >= 4 is 51.9 Å². The topological polar surface area (TPSA) is 71.4 Å². The molecular weight excluding hydrogens is 568 g/mol. The normalized spacial score (nSPS) is 13.2. The van der Waals surface area contributed by atoms with Crippen molar-refractivity contribution in [1.82, 2.24) is 5.32 Å². The van der Waals surface area contributed by atoms with Crippen LogP contribution < -0.4 is 20.4 Å². The molecule has 0 aromatic heterocycles. The molecule has 1 aliphatic rings. The number of benzene rings is 3. The van der Waals surface area contributed by atoms with Crippen molar-refractivity contribution in [3.05, 3.63) is 87.5 Å². The minimum atomic E-state index is -2.21. The smallest absolute Gasteiger partial charge is 0.260 e. The Morgan fingerprint density at radius 1 is 0.872 bits per heavy atom. The monoisotopic (exact) mass is 583 g/mol. The number of carbonyl (C=O) groups excluding carboxylic acids is 1. The summed E-state index contributed by atoms with van der Waals surface area (Å²) in [5.41, 5.74) is -0.313. The second-order valence-electron chi connectivity index (χ2n) is 8.27. The third-order valence-corrected chi connectivity index (χ3v) is 6.41. The van der Waals surface area contributed by atoms with E-state index in [-0.39, 0.29) is 47.4 Å². The molecular formula is C25H16ClF6N5OS. The number of rotatable bonds is 4. The fourth-order valence-electron chi connectivity index (χ4n) is 3.98. The van der Waals surface area contributed by atoms with Gasteiger partial charge in [0.05, 0.1) is 27.9 Å². The number of halogens is 7. The largest absolute Gasteiger partial charge is 0.367 e. The highest BCUT2D eigenvalue weighted by atomic mass is 35.5. The molecule has 2 N–H and O–H groups in total. The molecule has 0 radical (unpaired) electrons. The van der Waals surface area contributed by atoms with E-state index in [9.17, 15) is 31.1 Å². The van der Waals surface area contributed by atoms with Crippen LogP contribution in [0.5, 0.6) is 0 Å². The molecule has 3 aromatic rings. The van der Waals surface area contributed by atoms with Crippen LogP contribution in [0, 0.1) is 46.2 Å². The summed E-state index contributed by atoms with van der Waals surface area (Å²) in [4.78, 5) is 15.2. The van der Waals surface area contributed by atoms with Crippen LogP contribution in [0.2, 0.25) is 5.02 Å². The number of piperazine rings is 1. The molecule has 202 valence electrons. The van der Waals surface area contributed by atoms with Gasteiger partial charge in [0.25, 0.3) is 5.91 Å². The summed E-state index contributed by atoms with van der Waals surface area (Å²) >= 11 is 11.5. The van der Waals surface area contributed by atoms with Gasteiger partial charge in [-0.15, -0.1) is 0 Å². The molecule has 4 rings (SSSR count). The molecule has 0 bridgehead atoms. The molecule has 6 nitrogen and oxygen atoms in total. The van der Waals surface area contributed by atoms with Gasteiger partial charge in [-0.3, -0.25) is 10.1 Å². The molecule has 0 unspecified atom stereocenters. The molecule has 1 aliphatic heterocycles. The van der Waals surface area contributed by atoms with E-state index in [1.165, 1.54) is 12.1 Å². The standard InChI is InChI=1S/C25H16ClF6N5OS/c26-15-10-13(34-25(39)35-24(38)14-3-1-12(11-33)9-16(14)27)2-4-17(15)36-5-7-37(8-6-36)23-21(31)19(29)18(28)20(30)22(23)32/h1-4,9-10H,5-8H2,(H2,34,35,38,39). The van der Waals surface area contributed by atoms with Crippen molar-refractivity contribution < 1.29 is 31.1 Å². The van der Waals surface area contributed by atoms with Gasteiger partial charge in [0, 0.05) is 31.9 Å². The number of amides is 1. The van der Waals surface area contributed by atoms with Gasteiger partial charge < -0.3 is 15.1 Å². The Morgan fingerprint density at radius 3 is 2.03 bits per heavy atom. The molecule has 39 heavy (non-hydrogen) atoms. The number of thiocarbonyl (C=S) groups is 1. The lowest BCUT2D eigenvalue weighted by atomic mass is 10.1. The molecule has 0 saturated carbocycles. The molecule has 0 spiro atoms. The molecule has 1 saturated heterocycles. The van der Waals surface area contributed by atoms with Gasteiger partial charge in [-0.25, -0.2) is 26.3 Å². The lowest BCUT2D eigenvalue weighted by Crippen LogP contribution is -2.47. The molecule has 1 amide bonds. The van der Waals surface area contributed by atoms with E-state index in [1.54, 1.807) is 23.1 Å². The summed E-state index contributed by atoms with van der Waals surface area (Å²) < 4.78 is 83.0. The van der Waals surface area contributed by atoms with E-state index in [2.05, 4.69) is 10.6 Å². The van der Waals surface area contributed by atoms with Crippen LogP contribution >= 0.6 is 23.8 Å². The highest BCUT2D eigenvalue weighted by Gasteiger charge is 2.31. The number of nitrogens with one attached hydrogen (secondary N) is 2. The van der Waals surface area contributed by atoms with Crippen molar-refractivity contribution in [2.24, 2.45) is 0 Å². The van der Waals surface area contributed by atoms with Crippen molar-refractivity contribution in [3.8, 4) is 6.07 Å². The third-order valence-electron chi connectivity index (χ3n) is 5.90. The maximum Gasteiger partial charge on any atom is 0.260 e. The third kappa shape index (κ3) is 5.71. The molecule has 3 aromatic carbocycles. The second kappa shape index (κ2) is 11.4. The first-order valence-electron chi connectivity index (χ1n) is 11.1. The minimum absolute atomic E-state index is 0.0449. The van der Waals surface area contributed by atoms with E-state index in [1.807, 2.05) is 0 Å². The van der Waals surface area contributed by atoms with Gasteiger partial charge >= 0.3 is 0 Å². The van der Waals surface area contributed by atoms with E-state index in [0.29, 0.717) is 11.4 Å². The van der Waals surface area contributed by atoms with Gasteiger partial charge in [-0.05, 0) is 48.6 Å². The predicted molar refractivity (Wildman–Crippen MR) is 137 cm³/mol. The number of nitrogens with zero attached hydrogens (tertiary/aromatic N) is 3. The molecule has 14 heteroatoms. The van der Waals surface area contributed by atoms with Crippen molar-refractivity contribution in [3.63, 3.8) is 0 Å². The highest BCUT2D eigenvalue weighted by molar-refractivity contribution is 7.80. The number of nitriles is 1. The van der Waals surface area contributed by atoms with Crippen molar-refractivity contribution in [2.45, 2.75) is 0 Å². The lowest BCUT2D eigenvalue weighted by Gasteiger charge is -2.38. The van der Waals surface area contributed by atoms with Crippen molar-refractivity contribution in [1.29, 1.82) is 5.26 Å². The average Bonchev–Trinajstić information content (AvgIpc) is 2.91. The van der Waals surface area contributed by atoms with Crippen LogP contribution in [0.4, 0.5) is 43.4 Å². The Kier molecular flexibility index (Phi) is 8.17. The van der Waals surface area contributed by atoms with Gasteiger partial charge in [-0.2, -0.15) is 5.26 Å². The summed E-state index contributed by atoms with van der Waals surface area (Å²) in [7, 11) is 0. The number of hydrogen-bond donors (Lipinski definition) is 2. The number of anilines is 3. The Bertz CT molecular complexity index is 1490.